The van der Waals surface area contributed by atoms with E-state index in [9.17, 15) is 8.42 Å². The van der Waals surface area contributed by atoms with Gasteiger partial charge in [-0.3, -0.25) is 0 Å². The maximum atomic E-state index is 12.8. The Morgan fingerprint density at radius 2 is 1.57 bits per heavy atom. The van der Waals surface area contributed by atoms with Gasteiger partial charge in [-0.1, -0.05) is 44.2 Å². The first-order valence-electron chi connectivity index (χ1n) is 7.46. The van der Waals surface area contributed by atoms with E-state index in [1.165, 1.54) is 0 Å². The van der Waals surface area contributed by atoms with Gasteiger partial charge in [-0.05, 0) is 41.2 Å². The van der Waals surface area contributed by atoms with Crippen molar-refractivity contribution in [3.63, 3.8) is 0 Å². The van der Waals surface area contributed by atoms with Crippen LogP contribution in [-0.4, -0.2) is 25.8 Å². The molecule has 1 saturated heterocycles. The molecule has 2 aromatic rings. The molecule has 3 rings (SSSR count). The van der Waals surface area contributed by atoms with E-state index in [2.05, 4.69) is 13.8 Å². The molecule has 0 saturated carbocycles. The Bertz CT molecular complexity index is 744. The molecule has 1 aliphatic rings. The highest BCUT2D eigenvalue weighted by Gasteiger charge is 2.31. The Morgan fingerprint density at radius 1 is 0.952 bits per heavy atom. The number of nitrogens with zero attached hydrogens (tertiary/aromatic N) is 1. The van der Waals surface area contributed by atoms with Gasteiger partial charge in [0, 0.05) is 13.1 Å². The fraction of sp³-hybridized carbons (Fsp3) is 0.412. The minimum absolute atomic E-state index is 0.405. The Balaban J connectivity index is 1.99. The highest BCUT2D eigenvalue weighted by Crippen LogP contribution is 2.28. The molecule has 4 heteroatoms. The van der Waals surface area contributed by atoms with Crippen LogP contribution in [0.5, 0.6) is 0 Å². The smallest absolute Gasteiger partial charge is 0.207 e. The van der Waals surface area contributed by atoms with Gasteiger partial charge in [0.05, 0.1) is 4.90 Å². The van der Waals surface area contributed by atoms with Crippen molar-refractivity contribution in [1.82, 2.24) is 4.31 Å². The summed E-state index contributed by atoms with van der Waals surface area (Å²) in [5, 5.41) is 2.04. The second-order valence-corrected chi connectivity index (χ2v) is 8.21. The van der Waals surface area contributed by atoms with Gasteiger partial charge in [-0.15, -0.1) is 0 Å². The molecule has 2 unspecified atom stereocenters. The van der Waals surface area contributed by atoms with E-state index in [1.807, 2.05) is 30.3 Å². The number of fused-ring (bicyclic) bond motifs is 1. The summed E-state index contributed by atoms with van der Waals surface area (Å²) < 4.78 is 27.3. The lowest BCUT2D eigenvalue weighted by Crippen LogP contribution is -2.42. The van der Waals surface area contributed by atoms with E-state index in [1.54, 1.807) is 16.4 Å². The molecule has 112 valence electrons. The number of rotatable bonds is 2. The van der Waals surface area contributed by atoms with Crippen LogP contribution in [0.1, 0.15) is 20.3 Å². The van der Waals surface area contributed by atoms with Gasteiger partial charge in [-0.25, -0.2) is 8.42 Å². The molecule has 0 spiro atoms. The predicted molar refractivity (Wildman–Crippen MR) is 85.7 cm³/mol. The zero-order valence-electron chi connectivity index (χ0n) is 12.5. The van der Waals surface area contributed by atoms with Crippen LogP contribution in [0.4, 0.5) is 0 Å². The Morgan fingerprint density at radius 3 is 2.24 bits per heavy atom. The van der Waals surface area contributed by atoms with Crippen molar-refractivity contribution in [3.8, 4) is 0 Å². The van der Waals surface area contributed by atoms with Crippen LogP contribution in [0.2, 0.25) is 0 Å². The van der Waals surface area contributed by atoms with Crippen molar-refractivity contribution < 1.29 is 8.42 Å². The zero-order valence-corrected chi connectivity index (χ0v) is 13.3. The van der Waals surface area contributed by atoms with Crippen LogP contribution in [0.3, 0.4) is 0 Å². The highest BCUT2D eigenvalue weighted by atomic mass is 32.2. The maximum absolute atomic E-state index is 12.8. The molecular weight excluding hydrogens is 282 g/mol. The van der Waals surface area contributed by atoms with Crippen molar-refractivity contribution in [1.29, 1.82) is 0 Å². The minimum atomic E-state index is -3.39. The van der Waals surface area contributed by atoms with E-state index in [0.29, 0.717) is 29.8 Å². The third-order valence-corrected chi connectivity index (χ3v) is 6.02. The van der Waals surface area contributed by atoms with Crippen LogP contribution in [0.25, 0.3) is 10.8 Å². The van der Waals surface area contributed by atoms with Crippen molar-refractivity contribution in [2.24, 2.45) is 11.8 Å². The molecule has 1 aliphatic heterocycles. The molecule has 0 amide bonds. The summed E-state index contributed by atoms with van der Waals surface area (Å²) in [6, 6.07) is 13.2. The topological polar surface area (TPSA) is 37.4 Å². The summed E-state index contributed by atoms with van der Waals surface area (Å²) in [5.41, 5.74) is 0. The Kier molecular flexibility index (Phi) is 3.76. The Hall–Kier alpha value is -1.39. The second kappa shape index (κ2) is 5.43. The van der Waals surface area contributed by atoms with E-state index < -0.39 is 10.0 Å². The lowest BCUT2D eigenvalue weighted by atomic mass is 9.94. The first kappa shape index (κ1) is 14.5. The van der Waals surface area contributed by atoms with Crippen molar-refractivity contribution in [2.75, 3.05) is 13.1 Å². The summed E-state index contributed by atoms with van der Waals surface area (Å²) in [6.07, 6.45) is 1.10. The molecule has 1 fully saturated rings. The summed E-state index contributed by atoms with van der Waals surface area (Å²) >= 11 is 0. The first-order valence-corrected chi connectivity index (χ1v) is 8.90. The van der Waals surface area contributed by atoms with Crippen molar-refractivity contribution in [3.05, 3.63) is 42.5 Å². The summed E-state index contributed by atoms with van der Waals surface area (Å²) in [4.78, 5) is 0.405. The van der Waals surface area contributed by atoms with Crippen molar-refractivity contribution in [2.45, 2.75) is 25.2 Å². The van der Waals surface area contributed by atoms with Crippen LogP contribution < -0.4 is 0 Å². The molecule has 0 bridgehead atoms. The molecule has 0 aromatic heterocycles. The molecule has 0 aliphatic carbocycles. The molecule has 3 nitrogen and oxygen atoms in total. The van der Waals surface area contributed by atoms with Gasteiger partial charge in [0.1, 0.15) is 0 Å². The lowest BCUT2D eigenvalue weighted by molar-refractivity contribution is 0.222. The minimum Gasteiger partial charge on any atom is -0.207 e. The van der Waals surface area contributed by atoms with Gasteiger partial charge in [0.2, 0.25) is 10.0 Å². The number of hydrogen-bond donors (Lipinski definition) is 0. The number of benzene rings is 2. The summed E-state index contributed by atoms with van der Waals surface area (Å²) in [6.45, 7) is 5.50. The number of piperidine rings is 1. The molecule has 0 N–H and O–H groups in total. The number of sulfonamides is 1. The van der Waals surface area contributed by atoms with Gasteiger partial charge in [0.25, 0.3) is 0 Å². The fourth-order valence-electron chi connectivity index (χ4n) is 3.28. The molecule has 2 aromatic carbocycles. The molecule has 1 heterocycles. The SMILES string of the molecule is CC1CC(C)CN(S(=O)(=O)c2ccc3ccccc3c2)C1. The van der Waals surface area contributed by atoms with Gasteiger partial charge in [-0.2, -0.15) is 4.31 Å². The average molecular weight is 303 g/mol. The third-order valence-electron chi connectivity index (χ3n) is 4.19. The highest BCUT2D eigenvalue weighted by molar-refractivity contribution is 7.89. The third kappa shape index (κ3) is 2.83. The number of hydrogen-bond acceptors (Lipinski definition) is 2. The summed E-state index contributed by atoms with van der Waals surface area (Å²) in [5.74, 6) is 0.841. The van der Waals surface area contributed by atoms with Gasteiger partial charge in [0.15, 0.2) is 0 Å². The van der Waals surface area contributed by atoms with Gasteiger partial charge < -0.3 is 0 Å². The fourth-order valence-corrected chi connectivity index (χ4v) is 4.99. The lowest BCUT2D eigenvalue weighted by Gasteiger charge is -2.34. The van der Waals surface area contributed by atoms with Crippen LogP contribution >= 0.6 is 0 Å². The van der Waals surface area contributed by atoms with E-state index in [0.717, 1.165) is 17.2 Å². The van der Waals surface area contributed by atoms with Crippen LogP contribution in [0.15, 0.2) is 47.4 Å². The van der Waals surface area contributed by atoms with Crippen LogP contribution in [0, 0.1) is 11.8 Å². The van der Waals surface area contributed by atoms with E-state index in [4.69, 9.17) is 0 Å². The molecule has 0 radical (unpaired) electrons. The normalized spacial score (nSPS) is 24.3. The monoisotopic (exact) mass is 303 g/mol. The first-order chi connectivity index (χ1) is 9.96. The molecule has 21 heavy (non-hydrogen) atoms. The average Bonchev–Trinajstić information content (AvgIpc) is 2.45. The van der Waals surface area contributed by atoms with Crippen molar-refractivity contribution >= 4 is 20.8 Å². The molecular formula is C17H21NO2S. The largest absolute Gasteiger partial charge is 0.243 e. The van der Waals surface area contributed by atoms with Crippen LogP contribution in [-0.2, 0) is 10.0 Å². The quantitative estimate of drug-likeness (QED) is 0.851. The van der Waals surface area contributed by atoms with E-state index in [-0.39, 0.29) is 0 Å². The standard InChI is InChI=1S/C17H21NO2S/c1-13-9-14(2)12-18(11-13)21(19,20)17-8-7-15-5-3-4-6-16(15)10-17/h3-8,10,13-14H,9,11-12H2,1-2H3. The zero-order chi connectivity index (χ0) is 15.0. The maximum Gasteiger partial charge on any atom is 0.243 e. The molecule has 2 atom stereocenters. The van der Waals surface area contributed by atoms with Gasteiger partial charge >= 0.3 is 0 Å². The predicted octanol–water partition coefficient (Wildman–Crippen LogP) is 3.51. The Labute approximate surface area is 126 Å². The summed E-state index contributed by atoms with van der Waals surface area (Å²) in [7, 11) is -3.39. The second-order valence-electron chi connectivity index (χ2n) is 6.28. The van der Waals surface area contributed by atoms with E-state index >= 15 is 0 Å².